The Labute approximate surface area is 138 Å². The summed E-state index contributed by atoms with van der Waals surface area (Å²) in [6, 6.07) is 10.7. The molecule has 0 N–H and O–H groups in total. The molecule has 0 aliphatic carbocycles. The van der Waals surface area contributed by atoms with Gasteiger partial charge in [0.15, 0.2) is 6.29 Å². The van der Waals surface area contributed by atoms with Crippen molar-refractivity contribution in [1.82, 2.24) is 14.7 Å². The highest BCUT2D eigenvalue weighted by Crippen LogP contribution is 2.35. The minimum absolute atomic E-state index is 0.0517. The molecule has 2 unspecified atom stereocenters. The van der Waals surface area contributed by atoms with E-state index in [1.54, 1.807) is 6.08 Å². The first kappa shape index (κ1) is 16.0. The Morgan fingerprint density at radius 1 is 1.22 bits per heavy atom. The van der Waals surface area contributed by atoms with E-state index in [4.69, 9.17) is 4.74 Å². The summed E-state index contributed by atoms with van der Waals surface area (Å²) < 4.78 is 5.59. The van der Waals surface area contributed by atoms with Gasteiger partial charge in [0.1, 0.15) is 6.73 Å². The summed E-state index contributed by atoms with van der Waals surface area (Å²) in [4.78, 5) is 18.8. The number of hydrogen-bond donors (Lipinski definition) is 0. The third-order valence-electron chi connectivity index (χ3n) is 4.44. The topological polar surface area (TPSA) is 36.0 Å². The molecule has 3 rings (SSSR count). The van der Waals surface area contributed by atoms with Crippen molar-refractivity contribution in [2.75, 3.05) is 26.4 Å². The molecule has 5 nitrogen and oxygen atoms in total. The smallest absolute Gasteiger partial charge is 0.250 e. The zero-order chi connectivity index (χ0) is 16.2. The van der Waals surface area contributed by atoms with Crippen LogP contribution in [0.2, 0.25) is 0 Å². The lowest BCUT2D eigenvalue weighted by Gasteiger charge is -2.41. The van der Waals surface area contributed by atoms with Crippen LogP contribution in [-0.4, -0.2) is 53.3 Å². The molecular formula is C18H25N3O2. The van der Waals surface area contributed by atoms with Crippen molar-refractivity contribution >= 4 is 5.91 Å². The fourth-order valence-electron chi connectivity index (χ4n) is 3.44. The second-order valence-electron chi connectivity index (χ2n) is 5.95. The number of amides is 1. The molecule has 1 amide bonds. The second-order valence-corrected chi connectivity index (χ2v) is 5.95. The van der Waals surface area contributed by atoms with Crippen molar-refractivity contribution < 1.29 is 9.53 Å². The first-order valence-corrected chi connectivity index (χ1v) is 8.39. The molecule has 2 aliphatic heterocycles. The zero-order valence-corrected chi connectivity index (χ0v) is 13.9. The number of ether oxygens (including phenoxy) is 1. The Morgan fingerprint density at radius 2 is 2.00 bits per heavy atom. The highest BCUT2D eigenvalue weighted by molar-refractivity contribution is 5.88. The second kappa shape index (κ2) is 7.15. The van der Waals surface area contributed by atoms with Crippen molar-refractivity contribution in [3.05, 3.63) is 48.2 Å². The molecule has 0 spiro atoms. The summed E-state index contributed by atoms with van der Waals surface area (Å²) in [5.74, 6) is 0.0854. The molecule has 0 saturated carbocycles. The largest absolute Gasteiger partial charge is 0.361 e. The van der Waals surface area contributed by atoms with Crippen molar-refractivity contribution in [2.24, 2.45) is 0 Å². The van der Waals surface area contributed by atoms with E-state index >= 15 is 0 Å². The van der Waals surface area contributed by atoms with Crippen molar-refractivity contribution in [2.45, 2.75) is 32.6 Å². The predicted molar refractivity (Wildman–Crippen MR) is 89.2 cm³/mol. The Kier molecular flexibility index (Phi) is 4.98. The Bertz CT molecular complexity index is 561. The van der Waals surface area contributed by atoms with E-state index in [2.05, 4.69) is 41.0 Å². The maximum absolute atomic E-state index is 12.4. The van der Waals surface area contributed by atoms with E-state index in [0.29, 0.717) is 13.3 Å². The molecule has 1 aromatic carbocycles. The maximum atomic E-state index is 12.4. The lowest BCUT2D eigenvalue weighted by molar-refractivity contribution is -0.138. The van der Waals surface area contributed by atoms with Gasteiger partial charge in [-0.3, -0.25) is 9.69 Å². The van der Waals surface area contributed by atoms with E-state index in [0.717, 1.165) is 19.5 Å². The standard InChI is InChI=1S/C18H25N3O2/c1-3-11-20-16(15-8-6-5-7-9-15)13-21-17(22)10-12-19(18(20)21)14-23-4-2/h5-10,12,16,18H,3-4,11,13-14H2,1-2H3. The van der Waals surface area contributed by atoms with Gasteiger partial charge < -0.3 is 14.5 Å². The number of fused-ring (bicyclic) bond motifs is 1. The highest BCUT2D eigenvalue weighted by Gasteiger charge is 2.45. The van der Waals surface area contributed by atoms with Crippen molar-refractivity contribution in [1.29, 1.82) is 0 Å². The molecule has 0 radical (unpaired) electrons. The SMILES string of the molecule is CCCN1C(c2ccccc2)CN2C(=O)C=CN(COCC)C21. The van der Waals surface area contributed by atoms with Crippen LogP contribution in [0.5, 0.6) is 0 Å². The van der Waals surface area contributed by atoms with E-state index in [1.807, 2.05) is 24.1 Å². The van der Waals surface area contributed by atoms with Crippen LogP contribution in [0.3, 0.4) is 0 Å². The molecule has 23 heavy (non-hydrogen) atoms. The summed E-state index contributed by atoms with van der Waals surface area (Å²) in [7, 11) is 0. The van der Waals surface area contributed by atoms with Gasteiger partial charge >= 0.3 is 0 Å². The number of rotatable bonds is 6. The third kappa shape index (κ3) is 3.12. The average molecular weight is 315 g/mol. The first-order valence-electron chi connectivity index (χ1n) is 8.39. The molecule has 1 saturated heterocycles. The van der Waals surface area contributed by atoms with E-state index in [-0.39, 0.29) is 18.2 Å². The minimum atomic E-state index is -0.0517. The van der Waals surface area contributed by atoms with Crippen LogP contribution < -0.4 is 0 Å². The number of nitrogens with zero attached hydrogens (tertiary/aromatic N) is 3. The molecular weight excluding hydrogens is 290 g/mol. The minimum Gasteiger partial charge on any atom is -0.361 e. The lowest BCUT2D eigenvalue weighted by atomic mass is 10.1. The fraction of sp³-hybridized carbons (Fsp3) is 0.500. The van der Waals surface area contributed by atoms with Gasteiger partial charge in [-0.2, -0.15) is 0 Å². The average Bonchev–Trinajstić information content (AvgIpc) is 2.96. The normalized spacial score (nSPS) is 24.3. The van der Waals surface area contributed by atoms with Crippen LogP contribution in [0.1, 0.15) is 31.9 Å². The summed E-state index contributed by atoms with van der Waals surface area (Å²) in [6.45, 7) is 7.01. The van der Waals surface area contributed by atoms with Gasteiger partial charge in [-0.05, 0) is 18.9 Å². The molecule has 124 valence electrons. The van der Waals surface area contributed by atoms with Gasteiger partial charge in [0.25, 0.3) is 5.91 Å². The van der Waals surface area contributed by atoms with E-state index < -0.39 is 0 Å². The third-order valence-corrected chi connectivity index (χ3v) is 4.44. The van der Waals surface area contributed by atoms with Gasteiger partial charge in [0.05, 0.1) is 6.04 Å². The van der Waals surface area contributed by atoms with E-state index in [9.17, 15) is 4.79 Å². The van der Waals surface area contributed by atoms with Gasteiger partial charge in [-0.25, -0.2) is 0 Å². The van der Waals surface area contributed by atoms with Crippen LogP contribution >= 0.6 is 0 Å². The van der Waals surface area contributed by atoms with Crippen molar-refractivity contribution in [3.8, 4) is 0 Å². The summed E-state index contributed by atoms with van der Waals surface area (Å²) in [5, 5.41) is 0. The Balaban J connectivity index is 1.90. The molecule has 5 heteroatoms. The fourth-order valence-corrected chi connectivity index (χ4v) is 3.44. The molecule has 0 bridgehead atoms. The number of hydrogen-bond acceptors (Lipinski definition) is 4. The van der Waals surface area contributed by atoms with E-state index in [1.165, 1.54) is 5.56 Å². The van der Waals surface area contributed by atoms with Crippen LogP contribution in [-0.2, 0) is 9.53 Å². The molecule has 1 fully saturated rings. The predicted octanol–water partition coefficient (Wildman–Crippen LogP) is 2.39. The lowest BCUT2D eigenvalue weighted by Crippen LogP contribution is -2.54. The quantitative estimate of drug-likeness (QED) is 0.807. The van der Waals surface area contributed by atoms with Gasteiger partial charge in [0, 0.05) is 32.0 Å². The van der Waals surface area contributed by atoms with Crippen LogP contribution in [0, 0.1) is 0 Å². The molecule has 2 heterocycles. The Morgan fingerprint density at radius 3 is 2.70 bits per heavy atom. The number of carbonyl (C=O) groups is 1. The summed E-state index contributed by atoms with van der Waals surface area (Å²) >= 11 is 0. The molecule has 0 aromatic heterocycles. The van der Waals surface area contributed by atoms with Crippen LogP contribution in [0.15, 0.2) is 42.6 Å². The molecule has 2 aliphatic rings. The molecule has 1 aromatic rings. The van der Waals surface area contributed by atoms with Crippen molar-refractivity contribution in [3.63, 3.8) is 0 Å². The van der Waals surface area contributed by atoms with Gasteiger partial charge in [0.2, 0.25) is 0 Å². The Hall–Kier alpha value is -1.85. The molecule has 2 atom stereocenters. The first-order chi connectivity index (χ1) is 11.3. The highest BCUT2D eigenvalue weighted by atomic mass is 16.5. The van der Waals surface area contributed by atoms with Gasteiger partial charge in [-0.1, -0.05) is 37.3 Å². The maximum Gasteiger partial charge on any atom is 0.250 e. The monoisotopic (exact) mass is 315 g/mol. The number of carbonyl (C=O) groups excluding carboxylic acids is 1. The number of benzene rings is 1. The van der Waals surface area contributed by atoms with Crippen LogP contribution in [0.4, 0.5) is 0 Å². The van der Waals surface area contributed by atoms with Gasteiger partial charge in [-0.15, -0.1) is 0 Å². The zero-order valence-electron chi connectivity index (χ0n) is 13.9. The van der Waals surface area contributed by atoms with Crippen LogP contribution in [0.25, 0.3) is 0 Å². The summed E-state index contributed by atoms with van der Waals surface area (Å²) in [6.07, 6.45) is 4.51. The summed E-state index contributed by atoms with van der Waals surface area (Å²) in [5.41, 5.74) is 1.26.